The summed E-state index contributed by atoms with van der Waals surface area (Å²) in [5, 5.41) is 11.3. The summed E-state index contributed by atoms with van der Waals surface area (Å²) in [5.74, 6) is 0.0764. The maximum absolute atomic E-state index is 12.1. The Morgan fingerprint density at radius 2 is 1.86 bits per heavy atom. The third-order valence-electron chi connectivity index (χ3n) is 3.67. The summed E-state index contributed by atoms with van der Waals surface area (Å²) in [4.78, 5) is 12.1. The Morgan fingerprint density at radius 1 is 1.14 bits per heavy atom. The van der Waals surface area contributed by atoms with Gasteiger partial charge in [-0.3, -0.25) is 9.52 Å². The number of amides is 1. The molecule has 3 aromatic rings. The van der Waals surface area contributed by atoms with E-state index in [-0.39, 0.29) is 28.5 Å². The van der Waals surface area contributed by atoms with E-state index in [4.69, 9.17) is 16.0 Å². The van der Waals surface area contributed by atoms with Gasteiger partial charge < -0.3 is 9.73 Å². The van der Waals surface area contributed by atoms with Crippen molar-refractivity contribution in [2.75, 3.05) is 21.5 Å². The second kappa shape index (κ2) is 9.29. The molecule has 0 aliphatic carbocycles. The number of para-hydroxylation sites is 1. The Labute approximate surface area is 177 Å². The quantitative estimate of drug-likeness (QED) is 0.498. The van der Waals surface area contributed by atoms with Gasteiger partial charge in [0.05, 0.1) is 22.2 Å². The molecule has 2 aromatic carbocycles. The molecule has 3 rings (SSSR count). The summed E-state index contributed by atoms with van der Waals surface area (Å²) in [6, 6.07) is 13.5. The standard InChI is InChI=1S/C18H17ClN4O4S2/c1-2-29(25,26)23-13-9-7-12(8-10-13)17-21-22-18(27-17)28-11-16(24)20-15-6-4-3-5-14(15)19/h3-10,23H,2,11H2,1H3,(H,20,24). The second-order valence-corrected chi connectivity index (χ2v) is 9.12. The molecule has 0 saturated heterocycles. The van der Waals surface area contributed by atoms with Gasteiger partial charge in [0.15, 0.2) is 0 Å². The molecule has 0 fully saturated rings. The smallest absolute Gasteiger partial charge is 0.277 e. The zero-order valence-corrected chi connectivity index (χ0v) is 17.6. The Morgan fingerprint density at radius 3 is 2.55 bits per heavy atom. The lowest BCUT2D eigenvalue weighted by Crippen LogP contribution is -2.14. The third kappa shape index (κ3) is 5.96. The molecule has 11 heteroatoms. The largest absolute Gasteiger partial charge is 0.411 e. The molecule has 0 radical (unpaired) electrons. The highest BCUT2D eigenvalue weighted by atomic mass is 35.5. The lowest BCUT2D eigenvalue weighted by atomic mass is 10.2. The highest BCUT2D eigenvalue weighted by molar-refractivity contribution is 7.99. The van der Waals surface area contributed by atoms with E-state index in [1.165, 1.54) is 0 Å². The van der Waals surface area contributed by atoms with Crippen molar-refractivity contribution in [3.05, 3.63) is 53.6 Å². The predicted molar refractivity (Wildman–Crippen MR) is 114 cm³/mol. The maximum Gasteiger partial charge on any atom is 0.277 e. The first kappa shape index (κ1) is 21.2. The van der Waals surface area contributed by atoms with Crippen molar-refractivity contribution >= 4 is 50.7 Å². The maximum atomic E-state index is 12.1. The number of aromatic nitrogens is 2. The van der Waals surface area contributed by atoms with Crippen molar-refractivity contribution in [1.82, 2.24) is 10.2 Å². The molecule has 152 valence electrons. The topological polar surface area (TPSA) is 114 Å². The van der Waals surface area contributed by atoms with Gasteiger partial charge in [0.25, 0.3) is 5.22 Å². The average molecular weight is 453 g/mol. The van der Waals surface area contributed by atoms with Crippen LogP contribution in [-0.2, 0) is 14.8 Å². The molecule has 29 heavy (non-hydrogen) atoms. The second-order valence-electron chi connectivity index (χ2n) is 5.77. The Bertz CT molecular complexity index is 1100. The molecule has 0 aliphatic heterocycles. The van der Waals surface area contributed by atoms with Gasteiger partial charge in [-0.2, -0.15) is 0 Å². The van der Waals surface area contributed by atoms with Crippen molar-refractivity contribution in [1.29, 1.82) is 0 Å². The number of thioether (sulfide) groups is 1. The van der Waals surface area contributed by atoms with Crippen LogP contribution in [0.4, 0.5) is 11.4 Å². The minimum absolute atomic E-state index is 0.0109. The number of halogens is 1. The van der Waals surface area contributed by atoms with Gasteiger partial charge in [0, 0.05) is 11.3 Å². The van der Waals surface area contributed by atoms with E-state index in [1.54, 1.807) is 55.5 Å². The van der Waals surface area contributed by atoms with Gasteiger partial charge in [-0.05, 0) is 43.3 Å². The first-order chi connectivity index (χ1) is 13.9. The van der Waals surface area contributed by atoms with Crippen molar-refractivity contribution < 1.29 is 17.6 Å². The summed E-state index contributed by atoms with van der Waals surface area (Å²) < 4.78 is 31.2. The molecule has 2 N–H and O–H groups in total. The van der Waals surface area contributed by atoms with Gasteiger partial charge in [-0.25, -0.2) is 8.42 Å². The lowest BCUT2D eigenvalue weighted by molar-refractivity contribution is -0.113. The minimum atomic E-state index is -3.34. The number of anilines is 2. The van der Waals surface area contributed by atoms with E-state index < -0.39 is 10.0 Å². The highest BCUT2D eigenvalue weighted by Gasteiger charge is 2.13. The number of benzene rings is 2. The van der Waals surface area contributed by atoms with Gasteiger partial charge in [0.2, 0.25) is 21.8 Å². The first-order valence-corrected chi connectivity index (χ1v) is 11.5. The number of hydrogen-bond acceptors (Lipinski definition) is 7. The van der Waals surface area contributed by atoms with E-state index in [0.717, 1.165) is 11.8 Å². The van der Waals surface area contributed by atoms with E-state index in [9.17, 15) is 13.2 Å². The fraction of sp³-hybridized carbons (Fsp3) is 0.167. The summed E-state index contributed by atoms with van der Waals surface area (Å²) >= 11 is 7.11. The van der Waals surface area contributed by atoms with Crippen LogP contribution in [0.25, 0.3) is 11.5 Å². The number of rotatable bonds is 8. The molecule has 0 unspecified atom stereocenters. The van der Waals surface area contributed by atoms with Gasteiger partial charge in [-0.15, -0.1) is 10.2 Å². The molecule has 0 bridgehead atoms. The van der Waals surface area contributed by atoms with E-state index in [1.807, 2.05) is 0 Å². The molecule has 1 heterocycles. The van der Waals surface area contributed by atoms with Crippen LogP contribution in [0.1, 0.15) is 6.92 Å². The number of sulfonamides is 1. The number of nitrogens with zero attached hydrogens (tertiary/aromatic N) is 2. The van der Waals surface area contributed by atoms with Crippen molar-refractivity contribution in [3.63, 3.8) is 0 Å². The zero-order valence-electron chi connectivity index (χ0n) is 15.3. The molecular weight excluding hydrogens is 436 g/mol. The summed E-state index contributed by atoms with van der Waals surface area (Å²) in [7, 11) is -3.34. The van der Waals surface area contributed by atoms with Crippen molar-refractivity contribution in [3.8, 4) is 11.5 Å². The van der Waals surface area contributed by atoms with Crippen LogP contribution in [0, 0.1) is 0 Å². The van der Waals surface area contributed by atoms with Gasteiger partial charge >= 0.3 is 0 Å². The van der Waals surface area contributed by atoms with Crippen LogP contribution in [0.5, 0.6) is 0 Å². The number of carbonyl (C=O) groups is 1. The molecule has 0 saturated carbocycles. The van der Waals surface area contributed by atoms with E-state index in [2.05, 4.69) is 20.2 Å². The number of hydrogen-bond donors (Lipinski definition) is 2. The third-order valence-corrected chi connectivity index (χ3v) is 6.12. The molecular formula is C18H17ClN4O4S2. The van der Waals surface area contributed by atoms with Crippen LogP contribution >= 0.6 is 23.4 Å². The minimum Gasteiger partial charge on any atom is -0.411 e. The number of carbonyl (C=O) groups excluding carboxylic acids is 1. The predicted octanol–water partition coefficient (Wildman–Crippen LogP) is 3.88. The Balaban J connectivity index is 1.58. The van der Waals surface area contributed by atoms with Crippen molar-refractivity contribution in [2.45, 2.75) is 12.1 Å². The molecule has 0 aliphatic rings. The molecule has 8 nitrogen and oxygen atoms in total. The highest BCUT2D eigenvalue weighted by Crippen LogP contribution is 2.25. The van der Waals surface area contributed by atoms with Gasteiger partial charge in [-0.1, -0.05) is 35.5 Å². The van der Waals surface area contributed by atoms with Crippen LogP contribution in [0.2, 0.25) is 5.02 Å². The Kier molecular flexibility index (Phi) is 6.78. The van der Waals surface area contributed by atoms with Crippen LogP contribution < -0.4 is 10.0 Å². The fourth-order valence-electron chi connectivity index (χ4n) is 2.19. The lowest BCUT2D eigenvalue weighted by Gasteiger charge is -2.06. The molecule has 1 amide bonds. The molecule has 0 spiro atoms. The molecule has 1 aromatic heterocycles. The summed E-state index contributed by atoms with van der Waals surface area (Å²) in [6.45, 7) is 1.56. The average Bonchev–Trinajstić information content (AvgIpc) is 3.18. The van der Waals surface area contributed by atoms with E-state index in [0.29, 0.717) is 22.0 Å². The van der Waals surface area contributed by atoms with Crippen LogP contribution in [-0.4, -0.2) is 36.0 Å². The monoisotopic (exact) mass is 452 g/mol. The van der Waals surface area contributed by atoms with Crippen molar-refractivity contribution in [2.24, 2.45) is 0 Å². The first-order valence-electron chi connectivity index (χ1n) is 8.48. The van der Waals surface area contributed by atoms with Crippen LogP contribution in [0.3, 0.4) is 0 Å². The number of nitrogens with one attached hydrogen (secondary N) is 2. The SMILES string of the molecule is CCS(=O)(=O)Nc1ccc(-c2nnc(SCC(=O)Nc3ccccc3Cl)o2)cc1. The van der Waals surface area contributed by atoms with Gasteiger partial charge in [0.1, 0.15) is 0 Å². The summed E-state index contributed by atoms with van der Waals surface area (Å²) in [6.07, 6.45) is 0. The summed E-state index contributed by atoms with van der Waals surface area (Å²) in [5.41, 5.74) is 1.61. The fourth-order valence-corrected chi connectivity index (χ4v) is 3.58. The normalized spacial score (nSPS) is 11.2. The zero-order chi connectivity index (χ0) is 20.9. The van der Waals surface area contributed by atoms with E-state index >= 15 is 0 Å². The Hall–Kier alpha value is -2.56. The molecule has 0 atom stereocenters. The van der Waals surface area contributed by atoms with Crippen LogP contribution in [0.15, 0.2) is 58.2 Å².